The molecule has 0 saturated carbocycles. The number of carbonyl (C=O) groups is 1. The van der Waals surface area contributed by atoms with E-state index >= 15 is 0 Å². The lowest BCUT2D eigenvalue weighted by molar-refractivity contribution is -0.116. The van der Waals surface area contributed by atoms with Gasteiger partial charge in [0.1, 0.15) is 0 Å². The Morgan fingerprint density at radius 1 is 1.31 bits per heavy atom. The predicted molar refractivity (Wildman–Crippen MR) is 108 cm³/mol. The summed E-state index contributed by atoms with van der Waals surface area (Å²) in [6.07, 6.45) is 2.49. The molecule has 1 saturated heterocycles. The molecule has 2 rings (SSSR count). The first-order chi connectivity index (χ1) is 11.6. The van der Waals surface area contributed by atoms with Crippen LogP contribution in [0.5, 0.6) is 0 Å². The molecule has 1 aliphatic heterocycles. The highest BCUT2D eigenvalue weighted by molar-refractivity contribution is 7.88. The minimum Gasteiger partial charge on any atom is -0.326 e. The zero-order valence-corrected chi connectivity index (χ0v) is 17.3. The second-order valence-electron chi connectivity index (χ2n) is 7.76. The van der Waals surface area contributed by atoms with Crippen LogP contribution in [-0.4, -0.2) is 33.0 Å². The Bertz CT molecular complexity index is 696. The molecule has 1 aromatic carbocycles. The summed E-state index contributed by atoms with van der Waals surface area (Å²) in [5.41, 5.74) is 0.771. The first kappa shape index (κ1) is 22.9. The summed E-state index contributed by atoms with van der Waals surface area (Å²) < 4.78 is 27.0. The van der Waals surface area contributed by atoms with Crippen molar-refractivity contribution in [3.05, 3.63) is 29.8 Å². The molecule has 1 fully saturated rings. The molecule has 1 aliphatic rings. The van der Waals surface area contributed by atoms with Crippen LogP contribution < -0.4 is 15.4 Å². The lowest BCUT2D eigenvalue weighted by Gasteiger charge is -2.20. The fourth-order valence-electron chi connectivity index (χ4n) is 2.98. The quantitative estimate of drug-likeness (QED) is 0.653. The zero-order valence-electron chi connectivity index (χ0n) is 15.7. The van der Waals surface area contributed by atoms with Gasteiger partial charge in [-0.3, -0.25) is 4.79 Å². The molecular weight excluding hydrogens is 374 g/mol. The van der Waals surface area contributed by atoms with Crippen LogP contribution in [0, 0.1) is 5.92 Å². The smallest absolute Gasteiger partial charge is 0.224 e. The normalized spacial score (nSPS) is 17.6. The molecule has 3 N–H and O–H groups in total. The van der Waals surface area contributed by atoms with Gasteiger partial charge in [0.25, 0.3) is 0 Å². The van der Waals surface area contributed by atoms with Crippen molar-refractivity contribution in [2.75, 3.05) is 18.4 Å². The Balaban J connectivity index is 0.00000338. The SMILES string of the molecule is CC(C)(C)NS(=O)(=O)Cc1cccc(NC(=O)CCC2CCNC2)c1.Cl. The number of hydrogen-bond donors (Lipinski definition) is 3. The van der Waals surface area contributed by atoms with Crippen molar-refractivity contribution in [1.82, 2.24) is 10.0 Å². The van der Waals surface area contributed by atoms with Crippen LogP contribution in [0.3, 0.4) is 0 Å². The summed E-state index contributed by atoms with van der Waals surface area (Å²) in [5.74, 6) is 0.437. The maximum Gasteiger partial charge on any atom is 0.224 e. The van der Waals surface area contributed by atoms with Gasteiger partial charge < -0.3 is 10.6 Å². The minimum absolute atomic E-state index is 0. The van der Waals surface area contributed by atoms with E-state index < -0.39 is 15.6 Å². The van der Waals surface area contributed by atoms with Crippen molar-refractivity contribution < 1.29 is 13.2 Å². The van der Waals surface area contributed by atoms with Crippen LogP contribution >= 0.6 is 12.4 Å². The molecule has 1 unspecified atom stereocenters. The summed E-state index contributed by atoms with van der Waals surface area (Å²) in [5, 5.41) is 6.16. The van der Waals surface area contributed by atoms with Gasteiger partial charge >= 0.3 is 0 Å². The van der Waals surface area contributed by atoms with Crippen LogP contribution in [0.4, 0.5) is 5.69 Å². The molecule has 0 spiro atoms. The Labute approximate surface area is 163 Å². The molecule has 1 heterocycles. The average molecular weight is 404 g/mol. The van der Waals surface area contributed by atoms with Gasteiger partial charge in [0.2, 0.25) is 15.9 Å². The summed E-state index contributed by atoms with van der Waals surface area (Å²) in [4.78, 5) is 12.1. The molecule has 8 heteroatoms. The van der Waals surface area contributed by atoms with E-state index in [1.807, 2.05) is 0 Å². The standard InChI is InChI=1S/C18H29N3O3S.ClH/c1-18(2,3)21-25(23,24)13-15-5-4-6-16(11-15)20-17(22)8-7-14-9-10-19-12-14;/h4-6,11,14,19,21H,7-10,12-13H2,1-3H3,(H,20,22);1H. The van der Waals surface area contributed by atoms with Crippen LogP contribution in [0.15, 0.2) is 24.3 Å². The van der Waals surface area contributed by atoms with Crippen molar-refractivity contribution in [3.8, 4) is 0 Å². The van der Waals surface area contributed by atoms with Gasteiger partial charge in [0.05, 0.1) is 5.75 Å². The topological polar surface area (TPSA) is 87.3 Å². The van der Waals surface area contributed by atoms with Crippen molar-refractivity contribution in [1.29, 1.82) is 0 Å². The average Bonchev–Trinajstić information content (AvgIpc) is 2.95. The molecule has 0 aromatic heterocycles. The molecule has 0 radical (unpaired) electrons. The monoisotopic (exact) mass is 403 g/mol. The van der Waals surface area contributed by atoms with E-state index in [0.717, 1.165) is 25.9 Å². The summed E-state index contributed by atoms with van der Waals surface area (Å²) in [6.45, 7) is 7.44. The van der Waals surface area contributed by atoms with Gasteiger partial charge in [-0.15, -0.1) is 12.4 Å². The van der Waals surface area contributed by atoms with E-state index in [1.54, 1.807) is 45.0 Å². The third-order valence-electron chi connectivity index (χ3n) is 3.97. The number of rotatable bonds is 7. The van der Waals surface area contributed by atoms with Gasteiger partial charge in [0, 0.05) is 17.6 Å². The maximum absolute atomic E-state index is 12.2. The maximum atomic E-state index is 12.2. The second kappa shape index (κ2) is 9.69. The van der Waals surface area contributed by atoms with Crippen LogP contribution in [0.25, 0.3) is 0 Å². The van der Waals surface area contributed by atoms with Gasteiger partial charge in [-0.25, -0.2) is 13.1 Å². The lowest BCUT2D eigenvalue weighted by atomic mass is 10.0. The molecule has 148 valence electrons. The van der Waals surface area contributed by atoms with E-state index in [-0.39, 0.29) is 24.1 Å². The number of halogens is 1. The second-order valence-corrected chi connectivity index (χ2v) is 9.48. The fraction of sp³-hybridized carbons (Fsp3) is 0.611. The van der Waals surface area contributed by atoms with Crippen molar-refractivity contribution in [2.45, 2.75) is 51.3 Å². The summed E-state index contributed by atoms with van der Waals surface area (Å²) in [7, 11) is -3.43. The highest BCUT2D eigenvalue weighted by atomic mass is 35.5. The molecule has 6 nitrogen and oxygen atoms in total. The molecule has 1 atom stereocenters. The zero-order chi connectivity index (χ0) is 18.5. The Morgan fingerprint density at radius 2 is 2.04 bits per heavy atom. The Kier molecular flexibility index (Phi) is 8.53. The largest absolute Gasteiger partial charge is 0.326 e. The third kappa shape index (κ3) is 8.49. The molecule has 0 bridgehead atoms. The first-order valence-corrected chi connectivity index (χ1v) is 10.4. The van der Waals surface area contributed by atoms with Gasteiger partial charge in [0.15, 0.2) is 0 Å². The number of amides is 1. The number of hydrogen-bond acceptors (Lipinski definition) is 4. The highest BCUT2D eigenvalue weighted by Gasteiger charge is 2.20. The van der Waals surface area contributed by atoms with Crippen LogP contribution in [0.2, 0.25) is 0 Å². The number of sulfonamides is 1. The molecule has 1 aromatic rings. The van der Waals surface area contributed by atoms with E-state index in [2.05, 4.69) is 15.4 Å². The van der Waals surface area contributed by atoms with Gasteiger partial charge in [-0.05, 0) is 70.3 Å². The van der Waals surface area contributed by atoms with E-state index in [1.165, 1.54) is 0 Å². The summed E-state index contributed by atoms with van der Waals surface area (Å²) >= 11 is 0. The van der Waals surface area contributed by atoms with Crippen molar-refractivity contribution >= 4 is 34.0 Å². The number of anilines is 1. The lowest BCUT2D eigenvalue weighted by Crippen LogP contribution is -2.41. The third-order valence-corrected chi connectivity index (χ3v) is 5.61. The number of carbonyl (C=O) groups excluding carboxylic acids is 1. The van der Waals surface area contributed by atoms with E-state index in [0.29, 0.717) is 23.6 Å². The molecule has 26 heavy (non-hydrogen) atoms. The van der Waals surface area contributed by atoms with E-state index in [9.17, 15) is 13.2 Å². The van der Waals surface area contributed by atoms with Gasteiger partial charge in [-0.2, -0.15) is 0 Å². The minimum atomic E-state index is -3.43. The Hall–Kier alpha value is -1.15. The number of nitrogens with one attached hydrogen (secondary N) is 3. The Morgan fingerprint density at radius 3 is 2.65 bits per heavy atom. The van der Waals surface area contributed by atoms with Crippen LogP contribution in [-0.2, 0) is 20.6 Å². The molecule has 0 aliphatic carbocycles. The van der Waals surface area contributed by atoms with Crippen molar-refractivity contribution in [2.24, 2.45) is 5.92 Å². The van der Waals surface area contributed by atoms with Crippen molar-refractivity contribution in [3.63, 3.8) is 0 Å². The summed E-state index contributed by atoms with van der Waals surface area (Å²) in [6, 6.07) is 7.01. The predicted octanol–water partition coefficient (Wildman–Crippen LogP) is 2.65. The number of benzene rings is 1. The first-order valence-electron chi connectivity index (χ1n) is 8.74. The fourth-order valence-corrected chi connectivity index (χ4v) is 4.60. The highest BCUT2D eigenvalue weighted by Crippen LogP contribution is 2.17. The molecular formula is C18H30ClN3O3S. The van der Waals surface area contributed by atoms with Crippen LogP contribution in [0.1, 0.15) is 45.6 Å². The van der Waals surface area contributed by atoms with Gasteiger partial charge in [-0.1, -0.05) is 12.1 Å². The molecule has 1 amide bonds. The van der Waals surface area contributed by atoms with E-state index in [4.69, 9.17) is 0 Å².